The summed E-state index contributed by atoms with van der Waals surface area (Å²) in [5, 5.41) is 0.0983. The summed E-state index contributed by atoms with van der Waals surface area (Å²) in [4.78, 5) is 1.93. The van der Waals surface area contributed by atoms with Gasteiger partial charge in [-0.1, -0.05) is 18.2 Å². The molecule has 2 rings (SSSR count). The van der Waals surface area contributed by atoms with Crippen LogP contribution in [0.1, 0.15) is 5.69 Å². The van der Waals surface area contributed by atoms with Crippen LogP contribution in [0.4, 0.5) is 26.1 Å². The van der Waals surface area contributed by atoms with Crippen LogP contribution in [0.5, 0.6) is 0 Å². The molecule has 0 aliphatic carbocycles. The van der Waals surface area contributed by atoms with E-state index in [-0.39, 0.29) is 62.3 Å². The number of benzene rings is 1. The van der Waals surface area contributed by atoms with Gasteiger partial charge in [-0.15, -0.1) is 5.46 Å². The number of H-pyrrole nitrogens is 1. The minimum Gasteiger partial charge on any atom is -0.445 e. The van der Waals surface area contributed by atoms with Crippen molar-refractivity contribution in [2.24, 2.45) is 0 Å². The first kappa shape index (κ1) is 16.1. The molecular formula is C9H5BF6KN. The first-order chi connectivity index (χ1) is 7.68. The van der Waals surface area contributed by atoms with Gasteiger partial charge in [-0.25, -0.2) is 0 Å². The quantitative estimate of drug-likeness (QED) is 0.572. The predicted molar refractivity (Wildman–Crippen MR) is 52.0 cm³/mol. The largest absolute Gasteiger partial charge is 1.00 e. The number of hydrogen-bond acceptors (Lipinski definition) is 0. The van der Waals surface area contributed by atoms with E-state index in [1.807, 2.05) is 4.98 Å². The van der Waals surface area contributed by atoms with E-state index in [1.165, 1.54) is 0 Å². The maximum Gasteiger partial charge on any atom is 1.00 e. The fourth-order valence-corrected chi connectivity index (χ4v) is 1.50. The van der Waals surface area contributed by atoms with E-state index in [0.717, 1.165) is 18.2 Å². The van der Waals surface area contributed by atoms with Crippen LogP contribution in [0.25, 0.3) is 10.9 Å². The van der Waals surface area contributed by atoms with Crippen molar-refractivity contribution in [2.75, 3.05) is 0 Å². The zero-order valence-electron chi connectivity index (χ0n) is 9.15. The van der Waals surface area contributed by atoms with Crippen LogP contribution in [-0.2, 0) is 6.18 Å². The first-order valence-corrected chi connectivity index (χ1v) is 4.58. The topological polar surface area (TPSA) is 15.8 Å². The van der Waals surface area contributed by atoms with Gasteiger partial charge < -0.3 is 17.9 Å². The molecule has 0 amide bonds. The zero-order chi connectivity index (χ0) is 12.8. The van der Waals surface area contributed by atoms with Crippen molar-refractivity contribution in [1.29, 1.82) is 0 Å². The summed E-state index contributed by atoms with van der Waals surface area (Å²) in [6, 6.07) is 3.26. The number of aromatic amines is 1. The van der Waals surface area contributed by atoms with Crippen LogP contribution in [-0.4, -0.2) is 12.0 Å². The van der Waals surface area contributed by atoms with Crippen molar-refractivity contribution in [3.05, 3.63) is 30.0 Å². The molecule has 1 aromatic carbocycles. The molecule has 0 spiro atoms. The molecule has 0 atom stereocenters. The van der Waals surface area contributed by atoms with E-state index < -0.39 is 24.3 Å². The van der Waals surface area contributed by atoms with Crippen molar-refractivity contribution in [3.63, 3.8) is 0 Å². The molecule has 9 heteroatoms. The van der Waals surface area contributed by atoms with E-state index >= 15 is 0 Å². The van der Waals surface area contributed by atoms with Gasteiger partial charge in [-0.3, -0.25) is 0 Å². The number of nitrogens with one attached hydrogen (secondary N) is 1. The summed E-state index contributed by atoms with van der Waals surface area (Å²) in [7, 11) is 0. The Labute approximate surface area is 140 Å². The fourth-order valence-electron chi connectivity index (χ4n) is 1.50. The molecule has 0 fully saturated rings. The number of fused-ring (bicyclic) bond motifs is 1. The maximum atomic E-state index is 12.4. The van der Waals surface area contributed by atoms with Gasteiger partial charge in [0.05, 0.1) is 0 Å². The molecule has 1 aromatic heterocycles. The normalized spacial score (nSPS) is 12.6. The third-order valence-corrected chi connectivity index (χ3v) is 2.33. The van der Waals surface area contributed by atoms with E-state index in [4.69, 9.17) is 0 Å². The van der Waals surface area contributed by atoms with Crippen molar-refractivity contribution in [3.8, 4) is 0 Å². The van der Waals surface area contributed by atoms with Gasteiger partial charge in [-0.2, -0.15) is 13.2 Å². The second-order valence-electron chi connectivity index (χ2n) is 3.60. The average molecular weight is 291 g/mol. The number of hydrogen-bond donors (Lipinski definition) is 1. The summed E-state index contributed by atoms with van der Waals surface area (Å²) < 4.78 is 74.1. The Morgan fingerprint density at radius 3 is 2.11 bits per heavy atom. The summed E-state index contributed by atoms with van der Waals surface area (Å²) in [6.45, 7) is -5.21. The van der Waals surface area contributed by atoms with Crippen molar-refractivity contribution in [2.45, 2.75) is 6.18 Å². The van der Waals surface area contributed by atoms with Crippen molar-refractivity contribution >= 4 is 23.3 Å². The summed E-state index contributed by atoms with van der Waals surface area (Å²) >= 11 is 0. The van der Waals surface area contributed by atoms with Crippen molar-refractivity contribution < 1.29 is 77.5 Å². The number of rotatable bonds is 1. The Morgan fingerprint density at radius 1 is 1.00 bits per heavy atom. The maximum absolute atomic E-state index is 12.4. The fraction of sp³-hybridized carbons (Fsp3) is 0.111. The number of aromatic nitrogens is 1. The molecule has 0 aliphatic heterocycles. The molecule has 0 aliphatic rings. The van der Waals surface area contributed by atoms with Gasteiger partial charge in [0.15, 0.2) is 0 Å². The molecule has 18 heavy (non-hydrogen) atoms. The summed E-state index contributed by atoms with van der Waals surface area (Å²) in [5.41, 5.74) is -2.15. The Hall–Kier alpha value is 0.0413. The van der Waals surface area contributed by atoms with Gasteiger partial charge >= 0.3 is 64.5 Å². The molecule has 92 valence electrons. The third-order valence-electron chi connectivity index (χ3n) is 2.33. The van der Waals surface area contributed by atoms with Gasteiger partial charge in [-0.05, 0) is 11.5 Å². The van der Waals surface area contributed by atoms with Gasteiger partial charge in [0.1, 0.15) is 5.69 Å². The zero-order valence-corrected chi connectivity index (χ0v) is 12.3. The molecule has 1 heterocycles. The molecule has 0 radical (unpaired) electrons. The molecule has 0 saturated heterocycles. The van der Waals surface area contributed by atoms with Crippen LogP contribution in [0, 0.1) is 0 Å². The molecule has 0 bridgehead atoms. The number of alkyl halides is 3. The molecule has 0 unspecified atom stereocenters. The second-order valence-corrected chi connectivity index (χ2v) is 3.60. The van der Waals surface area contributed by atoms with E-state index in [1.54, 1.807) is 0 Å². The van der Waals surface area contributed by atoms with Crippen molar-refractivity contribution in [1.82, 2.24) is 4.98 Å². The smallest absolute Gasteiger partial charge is 0.445 e. The predicted octanol–water partition coefficient (Wildman–Crippen LogP) is 0.245. The van der Waals surface area contributed by atoms with Crippen LogP contribution >= 0.6 is 0 Å². The molecular weight excluding hydrogens is 286 g/mol. The minimum absolute atomic E-state index is 0. The Kier molecular flexibility index (Phi) is 4.65. The summed E-state index contributed by atoms with van der Waals surface area (Å²) in [6.07, 6.45) is -4.59. The average Bonchev–Trinajstić information content (AvgIpc) is 2.57. The Morgan fingerprint density at radius 2 is 1.61 bits per heavy atom. The van der Waals surface area contributed by atoms with E-state index in [9.17, 15) is 26.1 Å². The Balaban J connectivity index is 0.00000162. The third kappa shape index (κ3) is 3.32. The van der Waals surface area contributed by atoms with Gasteiger partial charge in [0.2, 0.25) is 0 Å². The minimum atomic E-state index is -5.21. The van der Waals surface area contributed by atoms with E-state index in [0.29, 0.717) is 6.07 Å². The molecule has 0 saturated carbocycles. The summed E-state index contributed by atoms with van der Waals surface area (Å²) in [5.74, 6) is 0. The number of halogens is 6. The Bertz CT molecular complexity index is 546. The van der Waals surface area contributed by atoms with Crippen LogP contribution in [0.3, 0.4) is 0 Å². The molecule has 1 N–H and O–H groups in total. The van der Waals surface area contributed by atoms with Crippen LogP contribution < -0.4 is 56.8 Å². The van der Waals surface area contributed by atoms with Gasteiger partial charge in [0, 0.05) is 5.52 Å². The van der Waals surface area contributed by atoms with Crippen LogP contribution in [0.2, 0.25) is 0 Å². The van der Waals surface area contributed by atoms with E-state index in [2.05, 4.69) is 0 Å². The second kappa shape index (κ2) is 5.20. The molecule has 1 nitrogen and oxygen atoms in total. The first-order valence-electron chi connectivity index (χ1n) is 4.58. The monoisotopic (exact) mass is 291 g/mol. The SMILES string of the molecule is F[B-](F)(F)c1ccc2cc(C(F)(F)F)[nH]c2c1.[K+]. The standard InChI is InChI=1S/C9H5BF6N.K/c11-9(12,13)8-3-5-1-2-6(10(14,15)16)4-7(5)17-8;/h1-4,17H;/q-1;+1. The molecule has 2 aromatic rings. The van der Waals surface area contributed by atoms with Crippen LogP contribution in [0.15, 0.2) is 24.3 Å². The van der Waals surface area contributed by atoms with Gasteiger partial charge in [0.25, 0.3) is 0 Å².